The van der Waals surface area contributed by atoms with Crippen molar-refractivity contribution in [1.29, 1.82) is 0 Å². The van der Waals surface area contributed by atoms with Crippen LogP contribution in [0.2, 0.25) is 0 Å². The first-order valence-corrected chi connectivity index (χ1v) is 5.82. The Morgan fingerprint density at radius 1 is 0.947 bits per heavy atom. The molecule has 0 aromatic carbocycles. The van der Waals surface area contributed by atoms with Gasteiger partial charge in [-0.2, -0.15) is 0 Å². The van der Waals surface area contributed by atoms with Gasteiger partial charge in [-0.3, -0.25) is 14.6 Å². The molecule has 0 saturated carbocycles. The van der Waals surface area contributed by atoms with Crippen LogP contribution in [0, 0.1) is 0 Å². The first-order valence-electron chi connectivity index (χ1n) is 5.82. The molecule has 0 saturated heterocycles. The van der Waals surface area contributed by atoms with E-state index in [1.54, 1.807) is 29.2 Å². The summed E-state index contributed by atoms with van der Waals surface area (Å²) in [6, 6.07) is 6.64. The molecule has 2 heterocycles. The van der Waals surface area contributed by atoms with Gasteiger partial charge in [0.15, 0.2) is 5.78 Å². The van der Waals surface area contributed by atoms with Crippen molar-refractivity contribution in [3.8, 4) is 0 Å². The minimum Gasteiger partial charge on any atom is -0.363 e. The normalized spacial score (nSPS) is 12.9. The molecule has 1 aliphatic rings. The number of anilines is 1. The highest BCUT2D eigenvalue weighted by molar-refractivity contribution is 6.26. The summed E-state index contributed by atoms with van der Waals surface area (Å²) in [7, 11) is 3.66. The molecule has 0 aliphatic heterocycles. The lowest BCUT2D eigenvalue weighted by molar-refractivity contribution is 0.0971. The van der Waals surface area contributed by atoms with Gasteiger partial charge in [0, 0.05) is 20.3 Å². The van der Waals surface area contributed by atoms with Gasteiger partial charge >= 0.3 is 0 Å². The van der Waals surface area contributed by atoms with Gasteiger partial charge in [0.05, 0.1) is 11.1 Å². The minimum atomic E-state index is -0.297. The molecule has 0 N–H and O–H groups in total. The smallest absolute Gasteiger partial charge is 0.231 e. The maximum absolute atomic E-state index is 12.3. The molecule has 94 valence electrons. The molecule has 2 aromatic heterocycles. The maximum Gasteiger partial charge on any atom is 0.231 e. The number of pyridine rings is 2. The monoisotopic (exact) mass is 253 g/mol. The number of fused-ring (bicyclic) bond motifs is 2. The van der Waals surface area contributed by atoms with Crippen molar-refractivity contribution in [3.05, 3.63) is 53.0 Å². The number of hydrogen-bond acceptors (Lipinski definition) is 5. The predicted octanol–water partition coefficient (Wildman–Crippen LogP) is 1.32. The molecule has 0 unspecified atom stereocenters. The number of rotatable bonds is 1. The SMILES string of the molecule is CN(C)c1ccc2c(n1)C(=O)c1ncccc1C2=O. The standard InChI is InChI=1S/C14H11N3O2/c1-17(2)10-6-5-9-12(16-10)14(19)11-8(13(9)18)4-3-7-15-11/h3-7H,1-2H3. The van der Waals surface area contributed by atoms with Crippen LogP contribution in [0.15, 0.2) is 30.5 Å². The fourth-order valence-corrected chi connectivity index (χ4v) is 2.08. The molecule has 5 heteroatoms. The van der Waals surface area contributed by atoms with Gasteiger partial charge in [-0.15, -0.1) is 0 Å². The molecular formula is C14H11N3O2. The van der Waals surface area contributed by atoms with Crippen LogP contribution in [-0.4, -0.2) is 35.6 Å². The number of carbonyl (C=O) groups is 2. The molecule has 0 fully saturated rings. The van der Waals surface area contributed by atoms with Gasteiger partial charge in [0.1, 0.15) is 17.2 Å². The second-order valence-electron chi connectivity index (χ2n) is 4.52. The lowest BCUT2D eigenvalue weighted by Gasteiger charge is -2.18. The minimum absolute atomic E-state index is 0.183. The third kappa shape index (κ3) is 1.62. The highest BCUT2D eigenvalue weighted by Crippen LogP contribution is 2.26. The third-order valence-corrected chi connectivity index (χ3v) is 3.07. The second kappa shape index (κ2) is 3.98. The summed E-state index contributed by atoms with van der Waals surface area (Å²) in [5.41, 5.74) is 1.06. The Balaban J connectivity index is 2.24. The summed E-state index contributed by atoms with van der Waals surface area (Å²) in [5.74, 6) is 0.142. The zero-order valence-electron chi connectivity index (χ0n) is 10.5. The largest absolute Gasteiger partial charge is 0.363 e. The Bertz CT molecular complexity index is 708. The average molecular weight is 253 g/mol. The highest BCUT2D eigenvalue weighted by atomic mass is 16.1. The fourth-order valence-electron chi connectivity index (χ4n) is 2.08. The van der Waals surface area contributed by atoms with E-state index in [9.17, 15) is 9.59 Å². The summed E-state index contributed by atoms with van der Waals surface area (Å²) >= 11 is 0. The van der Waals surface area contributed by atoms with E-state index in [-0.39, 0.29) is 23.0 Å². The number of carbonyl (C=O) groups excluding carboxylic acids is 2. The Kier molecular flexibility index (Phi) is 2.41. The Morgan fingerprint density at radius 3 is 2.42 bits per heavy atom. The van der Waals surface area contributed by atoms with E-state index in [0.717, 1.165) is 0 Å². The summed E-state index contributed by atoms with van der Waals surface area (Å²) in [6.45, 7) is 0. The first-order chi connectivity index (χ1) is 9.09. The van der Waals surface area contributed by atoms with Crippen LogP contribution in [0.5, 0.6) is 0 Å². The van der Waals surface area contributed by atoms with Crippen molar-refractivity contribution in [2.45, 2.75) is 0 Å². The van der Waals surface area contributed by atoms with E-state index in [2.05, 4.69) is 9.97 Å². The zero-order chi connectivity index (χ0) is 13.6. The lowest BCUT2D eigenvalue weighted by Crippen LogP contribution is -2.24. The quantitative estimate of drug-likeness (QED) is 0.654. The van der Waals surface area contributed by atoms with Crippen LogP contribution in [0.25, 0.3) is 0 Å². The molecule has 0 amide bonds. The summed E-state index contributed by atoms with van der Waals surface area (Å²) < 4.78 is 0. The number of hydrogen-bond donors (Lipinski definition) is 0. The van der Waals surface area contributed by atoms with Crippen LogP contribution >= 0.6 is 0 Å². The van der Waals surface area contributed by atoms with E-state index in [0.29, 0.717) is 16.9 Å². The number of nitrogens with zero attached hydrogens (tertiary/aromatic N) is 3. The summed E-state index contributed by atoms with van der Waals surface area (Å²) in [6.07, 6.45) is 1.50. The van der Waals surface area contributed by atoms with Crippen LogP contribution in [-0.2, 0) is 0 Å². The summed E-state index contributed by atoms with van der Waals surface area (Å²) in [4.78, 5) is 34.7. The van der Waals surface area contributed by atoms with E-state index in [1.807, 2.05) is 14.1 Å². The first kappa shape index (κ1) is 11.5. The molecule has 3 rings (SSSR count). The van der Waals surface area contributed by atoms with Gasteiger partial charge in [-0.05, 0) is 24.3 Å². The highest BCUT2D eigenvalue weighted by Gasteiger charge is 2.32. The van der Waals surface area contributed by atoms with E-state index >= 15 is 0 Å². The van der Waals surface area contributed by atoms with E-state index in [4.69, 9.17) is 0 Å². The fraction of sp³-hybridized carbons (Fsp3) is 0.143. The Labute approximate surface area is 109 Å². The van der Waals surface area contributed by atoms with Crippen molar-refractivity contribution in [1.82, 2.24) is 9.97 Å². The van der Waals surface area contributed by atoms with Gasteiger partial charge in [-0.25, -0.2) is 4.98 Å². The molecule has 5 nitrogen and oxygen atoms in total. The van der Waals surface area contributed by atoms with Crippen molar-refractivity contribution < 1.29 is 9.59 Å². The Hall–Kier alpha value is -2.56. The lowest BCUT2D eigenvalue weighted by atomic mass is 9.90. The van der Waals surface area contributed by atoms with E-state index in [1.165, 1.54) is 6.20 Å². The molecule has 0 bridgehead atoms. The van der Waals surface area contributed by atoms with Crippen LogP contribution in [0.3, 0.4) is 0 Å². The van der Waals surface area contributed by atoms with E-state index < -0.39 is 0 Å². The predicted molar refractivity (Wildman–Crippen MR) is 69.7 cm³/mol. The van der Waals surface area contributed by atoms with Crippen molar-refractivity contribution in [2.75, 3.05) is 19.0 Å². The zero-order valence-corrected chi connectivity index (χ0v) is 10.5. The van der Waals surface area contributed by atoms with Crippen LogP contribution < -0.4 is 4.90 Å². The average Bonchev–Trinajstić information content (AvgIpc) is 2.44. The van der Waals surface area contributed by atoms with Crippen molar-refractivity contribution >= 4 is 17.4 Å². The third-order valence-electron chi connectivity index (χ3n) is 3.07. The number of ketones is 2. The van der Waals surface area contributed by atoms with Gasteiger partial charge in [0.2, 0.25) is 5.78 Å². The molecule has 1 aliphatic carbocycles. The number of aromatic nitrogens is 2. The maximum atomic E-state index is 12.3. The molecular weight excluding hydrogens is 242 g/mol. The van der Waals surface area contributed by atoms with Gasteiger partial charge in [-0.1, -0.05) is 0 Å². The summed E-state index contributed by atoms with van der Waals surface area (Å²) in [5, 5.41) is 0. The van der Waals surface area contributed by atoms with Crippen molar-refractivity contribution in [2.24, 2.45) is 0 Å². The van der Waals surface area contributed by atoms with Gasteiger partial charge in [0.25, 0.3) is 0 Å². The molecule has 0 spiro atoms. The Morgan fingerprint density at radius 2 is 1.68 bits per heavy atom. The van der Waals surface area contributed by atoms with Crippen LogP contribution in [0.4, 0.5) is 5.82 Å². The second-order valence-corrected chi connectivity index (χ2v) is 4.52. The topological polar surface area (TPSA) is 63.2 Å². The molecule has 0 atom stereocenters. The molecule has 0 radical (unpaired) electrons. The van der Waals surface area contributed by atoms with Crippen LogP contribution in [0.1, 0.15) is 32.1 Å². The van der Waals surface area contributed by atoms with Gasteiger partial charge < -0.3 is 4.90 Å². The molecule has 2 aromatic rings. The molecule has 19 heavy (non-hydrogen) atoms. The van der Waals surface area contributed by atoms with Crippen molar-refractivity contribution in [3.63, 3.8) is 0 Å².